The minimum absolute atomic E-state index is 0.158. The fourth-order valence-corrected chi connectivity index (χ4v) is 3.72. The largest absolute Gasteiger partial charge is 0.493 e. The van der Waals surface area contributed by atoms with Crippen LogP contribution in [-0.4, -0.2) is 27.6 Å². The van der Waals surface area contributed by atoms with E-state index in [1.54, 1.807) is 38.4 Å². The highest BCUT2D eigenvalue weighted by Gasteiger charge is 2.23. The number of methoxy groups -OCH3 is 2. The second kappa shape index (κ2) is 6.97. The highest BCUT2D eigenvalue weighted by atomic mass is 32.2. The molecule has 0 amide bonds. The summed E-state index contributed by atoms with van der Waals surface area (Å²) in [5.74, 6) is 0.858. The lowest BCUT2D eigenvalue weighted by Crippen LogP contribution is -2.27. The molecule has 0 aliphatic heterocycles. The predicted octanol–water partition coefficient (Wildman–Crippen LogP) is 2.45. The van der Waals surface area contributed by atoms with Crippen LogP contribution in [0.25, 0.3) is 0 Å². The second-order valence-corrected chi connectivity index (χ2v) is 6.78. The second-order valence-electron chi connectivity index (χ2n) is 5.10. The van der Waals surface area contributed by atoms with Gasteiger partial charge < -0.3 is 9.47 Å². The van der Waals surface area contributed by atoms with Gasteiger partial charge in [0.25, 0.3) is 0 Å². The summed E-state index contributed by atoms with van der Waals surface area (Å²) in [4.78, 5) is 4.16. The van der Waals surface area contributed by atoms with Gasteiger partial charge in [0.2, 0.25) is 10.0 Å². The van der Waals surface area contributed by atoms with E-state index in [2.05, 4.69) is 9.71 Å². The third-order valence-corrected chi connectivity index (χ3v) is 5.17. The summed E-state index contributed by atoms with van der Waals surface area (Å²) < 4.78 is 38.4. The molecular formula is C16H20N2O4S. The first-order valence-corrected chi connectivity index (χ1v) is 8.52. The van der Waals surface area contributed by atoms with Crippen LogP contribution in [0.3, 0.4) is 0 Å². The molecule has 1 atom stereocenters. The van der Waals surface area contributed by atoms with Crippen molar-refractivity contribution in [3.05, 3.63) is 47.8 Å². The van der Waals surface area contributed by atoms with E-state index >= 15 is 0 Å². The normalized spacial score (nSPS) is 12.7. The molecule has 0 unspecified atom stereocenters. The molecule has 1 aromatic carbocycles. The van der Waals surface area contributed by atoms with Gasteiger partial charge in [-0.05, 0) is 37.1 Å². The first-order valence-electron chi connectivity index (χ1n) is 7.04. The smallest absolute Gasteiger partial charge is 0.241 e. The van der Waals surface area contributed by atoms with Gasteiger partial charge in [-0.1, -0.05) is 6.07 Å². The zero-order valence-electron chi connectivity index (χ0n) is 13.5. The Morgan fingerprint density at radius 1 is 1.17 bits per heavy atom. The number of nitrogens with zero attached hydrogens (tertiary/aromatic N) is 1. The third-order valence-electron chi connectivity index (χ3n) is 3.49. The molecule has 23 heavy (non-hydrogen) atoms. The predicted molar refractivity (Wildman–Crippen MR) is 87.3 cm³/mol. The van der Waals surface area contributed by atoms with Crippen LogP contribution in [0.2, 0.25) is 0 Å². The van der Waals surface area contributed by atoms with E-state index in [1.165, 1.54) is 20.3 Å². The molecule has 6 nitrogen and oxygen atoms in total. The van der Waals surface area contributed by atoms with E-state index in [9.17, 15) is 8.42 Å². The zero-order chi connectivity index (χ0) is 17.0. The highest BCUT2D eigenvalue weighted by molar-refractivity contribution is 7.89. The van der Waals surface area contributed by atoms with Gasteiger partial charge in [0.15, 0.2) is 11.5 Å². The highest BCUT2D eigenvalue weighted by Crippen LogP contribution is 2.32. The van der Waals surface area contributed by atoms with Crippen molar-refractivity contribution >= 4 is 10.0 Å². The standard InChI is InChI=1S/C16H20N2O4S/c1-11-8-14(21-3)15(22-4)9-16(11)23(19,20)18-12(2)13-6-5-7-17-10-13/h5-10,12,18H,1-4H3/t12-/m0/s1. The van der Waals surface area contributed by atoms with E-state index in [1.807, 2.05) is 6.07 Å². The molecule has 0 aliphatic rings. The van der Waals surface area contributed by atoms with Gasteiger partial charge in [-0.2, -0.15) is 0 Å². The van der Waals surface area contributed by atoms with Crippen LogP contribution in [0, 0.1) is 6.92 Å². The quantitative estimate of drug-likeness (QED) is 0.877. The number of nitrogens with one attached hydrogen (secondary N) is 1. The molecule has 0 radical (unpaired) electrons. The molecule has 0 saturated heterocycles. The first-order chi connectivity index (χ1) is 10.9. The summed E-state index contributed by atoms with van der Waals surface area (Å²) in [6.07, 6.45) is 3.28. The third kappa shape index (κ3) is 3.80. The summed E-state index contributed by atoms with van der Waals surface area (Å²) in [6, 6.07) is 6.29. The molecule has 7 heteroatoms. The van der Waals surface area contributed by atoms with Gasteiger partial charge in [0, 0.05) is 24.5 Å². The molecule has 2 rings (SSSR count). The lowest BCUT2D eigenvalue weighted by Gasteiger charge is -2.17. The van der Waals surface area contributed by atoms with Gasteiger partial charge in [0.05, 0.1) is 19.1 Å². The van der Waals surface area contributed by atoms with E-state index in [4.69, 9.17) is 9.47 Å². The topological polar surface area (TPSA) is 77.5 Å². The Morgan fingerprint density at radius 2 is 1.83 bits per heavy atom. The van der Waals surface area contributed by atoms with Gasteiger partial charge in [-0.3, -0.25) is 4.98 Å². The maximum atomic E-state index is 12.7. The summed E-state index contributed by atoms with van der Waals surface area (Å²) >= 11 is 0. The summed E-state index contributed by atoms with van der Waals surface area (Å²) in [7, 11) is -0.734. The first kappa shape index (κ1) is 17.2. The molecule has 1 aromatic heterocycles. The van der Waals surface area contributed by atoms with E-state index < -0.39 is 16.1 Å². The Kier molecular flexibility index (Phi) is 5.23. The molecule has 2 aromatic rings. The van der Waals surface area contributed by atoms with Crippen molar-refractivity contribution in [2.24, 2.45) is 0 Å². The molecule has 1 N–H and O–H groups in total. The minimum Gasteiger partial charge on any atom is -0.493 e. The van der Waals surface area contributed by atoms with Crippen molar-refractivity contribution in [2.75, 3.05) is 14.2 Å². The van der Waals surface area contributed by atoms with Crippen LogP contribution in [-0.2, 0) is 10.0 Å². The molecule has 0 aliphatic carbocycles. The lowest BCUT2D eigenvalue weighted by molar-refractivity contribution is 0.353. The molecule has 0 bridgehead atoms. The summed E-state index contributed by atoms with van der Waals surface area (Å²) in [6.45, 7) is 3.48. The van der Waals surface area contributed by atoms with Crippen LogP contribution in [0.15, 0.2) is 41.6 Å². The van der Waals surface area contributed by atoms with Gasteiger partial charge in [-0.25, -0.2) is 13.1 Å². The zero-order valence-corrected chi connectivity index (χ0v) is 14.3. The number of hydrogen-bond acceptors (Lipinski definition) is 5. The van der Waals surface area contributed by atoms with Crippen LogP contribution in [0.4, 0.5) is 0 Å². The van der Waals surface area contributed by atoms with Gasteiger partial charge in [-0.15, -0.1) is 0 Å². The Labute approximate surface area is 136 Å². The van der Waals surface area contributed by atoms with E-state index in [0.29, 0.717) is 17.1 Å². The van der Waals surface area contributed by atoms with Gasteiger partial charge in [0.1, 0.15) is 0 Å². The number of pyridine rings is 1. The van der Waals surface area contributed by atoms with Gasteiger partial charge >= 0.3 is 0 Å². The van der Waals surface area contributed by atoms with Crippen LogP contribution >= 0.6 is 0 Å². The minimum atomic E-state index is -3.71. The maximum absolute atomic E-state index is 12.7. The number of ether oxygens (including phenoxy) is 2. The van der Waals surface area contributed by atoms with Crippen molar-refractivity contribution in [1.82, 2.24) is 9.71 Å². The number of hydrogen-bond donors (Lipinski definition) is 1. The van der Waals surface area contributed by atoms with E-state index in [0.717, 1.165) is 5.56 Å². The van der Waals surface area contributed by atoms with Crippen molar-refractivity contribution < 1.29 is 17.9 Å². The van der Waals surface area contributed by atoms with Crippen molar-refractivity contribution in [3.8, 4) is 11.5 Å². The van der Waals surface area contributed by atoms with Crippen molar-refractivity contribution in [1.29, 1.82) is 0 Å². The average molecular weight is 336 g/mol. The molecule has 1 heterocycles. The average Bonchev–Trinajstić information content (AvgIpc) is 2.54. The summed E-state index contributed by atoms with van der Waals surface area (Å²) in [5, 5.41) is 0. The van der Waals surface area contributed by atoms with Crippen molar-refractivity contribution in [3.63, 3.8) is 0 Å². The molecule has 124 valence electrons. The Bertz CT molecular complexity index is 776. The lowest BCUT2D eigenvalue weighted by atomic mass is 10.2. The number of sulfonamides is 1. The number of aryl methyl sites for hydroxylation is 1. The number of aromatic nitrogens is 1. The fraction of sp³-hybridized carbons (Fsp3) is 0.312. The molecule has 0 saturated carbocycles. The molecular weight excluding hydrogens is 316 g/mol. The fourth-order valence-electron chi connectivity index (χ4n) is 2.25. The van der Waals surface area contributed by atoms with Crippen LogP contribution < -0.4 is 14.2 Å². The Morgan fingerprint density at radius 3 is 2.39 bits per heavy atom. The Balaban J connectivity index is 2.36. The van der Waals surface area contributed by atoms with Crippen molar-refractivity contribution in [2.45, 2.75) is 24.8 Å². The Hall–Kier alpha value is -2.12. The molecule has 0 fully saturated rings. The summed E-state index contributed by atoms with van der Waals surface area (Å²) in [5.41, 5.74) is 1.36. The monoisotopic (exact) mass is 336 g/mol. The van der Waals surface area contributed by atoms with Crippen LogP contribution in [0.5, 0.6) is 11.5 Å². The van der Waals surface area contributed by atoms with E-state index in [-0.39, 0.29) is 4.90 Å². The van der Waals surface area contributed by atoms with Crippen LogP contribution in [0.1, 0.15) is 24.1 Å². The number of benzene rings is 1. The maximum Gasteiger partial charge on any atom is 0.241 e. The SMILES string of the molecule is COc1cc(C)c(S(=O)(=O)N[C@@H](C)c2cccnc2)cc1OC. The molecule has 0 spiro atoms. The number of rotatable bonds is 6.